The molecule has 3 heterocycles. The van der Waals surface area contributed by atoms with Crippen LogP contribution in [0.25, 0.3) is 0 Å². The van der Waals surface area contributed by atoms with Gasteiger partial charge in [0.1, 0.15) is 17.2 Å². The Morgan fingerprint density at radius 2 is 1.78 bits per heavy atom. The van der Waals surface area contributed by atoms with Crippen molar-refractivity contribution >= 4 is 5.84 Å². The third-order valence-electron chi connectivity index (χ3n) is 6.20. The molecule has 164 valence electrons. The fourth-order valence-corrected chi connectivity index (χ4v) is 4.31. The zero-order valence-electron chi connectivity index (χ0n) is 17.3. The maximum Gasteiger partial charge on any atom is 0.321 e. The van der Waals surface area contributed by atoms with Crippen molar-refractivity contribution in [1.29, 1.82) is 0 Å². The van der Waals surface area contributed by atoms with Gasteiger partial charge in [0.25, 0.3) is 5.56 Å². The molecular formula is C24H21F3N4O. The van der Waals surface area contributed by atoms with E-state index in [9.17, 15) is 18.0 Å². The van der Waals surface area contributed by atoms with Crippen LogP contribution in [-0.2, 0) is 5.54 Å². The predicted octanol–water partition coefficient (Wildman–Crippen LogP) is 4.34. The van der Waals surface area contributed by atoms with Crippen LogP contribution in [-0.4, -0.2) is 21.4 Å². The number of halogens is 3. The number of nitrogens with one attached hydrogen (secondary N) is 1. The summed E-state index contributed by atoms with van der Waals surface area (Å²) >= 11 is 0. The summed E-state index contributed by atoms with van der Waals surface area (Å²) in [5.74, 6) is 0.514. The second kappa shape index (κ2) is 7.62. The van der Waals surface area contributed by atoms with Crippen LogP contribution in [0, 0.1) is 5.82 Å². The van der Waals surface area contributed by atoms with Crippen LogP contribution < -0.4 is 10.9 Å². The maximum atomic E-state index is 13.7. The SMILES string of the molecule is CC1NC(c2ccc(=O)n(C(F)F)c2)=NC1(c1ccc(F)cc1)c1ccc(C2CC2)nc1. The van der Waals surface area contributed by atoms with Gasteiger partial charge in [0.15, 0.2) is 0 Å². The molecule has 0 bridgehead atoms. The van der Waals surface area contributed by atoms with Gasteiger partial charge in [-0.05, 0) is 49.6 Å². The van der Waals surface area contributed by atoms with Crippen molar-refractivity contribution in [3.8, 4) is 0 Å². The number of amidine groups is 1. The Hall–Kier alpha value is -3.42. The zero-order valence-corrected chi connectivity index (χ0v) is 17.3. The molecule has 2 aromatic heterocycles. The van der Waals surface area contributed by atoms with Crippen molar-refractivity contribution in [2.75, 3.05) is 0 Å². The largest absolute Gasteiger partial charge is 0.364 e. The van der Waals surface area contributed by atoms with Crippen molar-refractivity contribution in [3.05, 3.63) is 99.5 Å². The zero-order chi connectivity index (χ0) is 22.5. The molecule has 0 saturated heterocycles. The minimum Gasteiger partial charge on any atom is -0.364 e. The lowest BCUT2D eigenvalue weighted by molar-refractivity contribution is 0.0663. The number of hydrogen-bond acceptors (Lipinski definition) is 4. The molecule has 0 amide bonds. The van der Waals surface area contributed by atoms with Gasteiger partial charge in [0.2, 0.25) is 0 Å². The molecule has 1 aromatic carbocycles. The van der Waals surface area contributed by atoms with Gasteiger partial charge in [-0.2, -0.15) is 8.78 Å². The number of benzene rings is 1. The van der Waals surface area contributed by atoms with E-state index in [1.54, 1.807) is 18.3 Å². The number of rotatable bonds is 5. The Balaban J connectivity index is 1.66. The lowest BCUT2D eigenvalue weighted by Crippen LogP contribution is -2.41. The van der Waals surface area contributed by atoms with Crippen LogP contribution in [0.2, 0.25) is 0 Å². The third-order valence-corrected chi connectivity index (χ3v) is 6.20. The van der Waals surface area contributed by atoms with E-state index in [0.717, 1.165) is 41.9 Å². The van der Waals surface area contributed by atoms with E-state index in [4.69, 9.17) is 4.99 Å². The smallest absolute Gasteiger partial charge is 0.321 e. The summed E-state index contributed by atoms with van der Waals surface area (Å²) in [6, 6.07) is 12.4. The van der Waals surface area contributed by atoms with Crippen LogP contribution in [0.15, 0.2) is 70.7 Å². The third kappa shape index (κ3) is 3.39. The fraction of sp³-hybridized carbons (Fsp3) is 0.292. The first-order valence-electron chi connectivity index (χ1n) is 10.5. The molecule has 1 saturated carbocycles. The molecule has 0 spiro atoms. The first-order chi connectivity index (χ1) is 15.4. The number of nitrogens with zero attached hydrogens (tertiary/aromatic N) is 3. The van der Waals surface area contributed by atoms with Gasteiger partial charge in [-0.1, -0.05) is 18.2 Å². The Morgan fingerprint density at radius 1 is 1.06 bits per heavy atom. The molecule has 2 atom stereocenters. The standard InChI is InChI=1S/C24H21F3N4O/c1-14-24(17-5-8-19(25)9-6-17,18-7-10-20(28-12-18)15-2-3-15)30-22(29-14)16-4-11-21(32)31(13-16)23(26)27/h4-15,23H,2-3H2,1H3,(H,29,30). The van der Waals surface area contributed by atoms with Crippen LogP contribution in [0.4, 0.5) is 13.2 Å². The van der Waals surface area contributed by atoms with Crippen molar-refractivity contribution < 1.29 is 13.2 Å². The summed E-state index contributed by atoms with van der Waals surface area (Å²) in [5, 5.41) is 3.28. The van der Waals surface area contributed by atoms with Gasteiger partial charge < -0.3 is 5.32 Å². The van der Waals surface area contributed by atoms with E-state index >= 15 is 0 Å². The average Bonchev–Trinajstić information content (AvgIpc) is 3.58. The lowest BCUT2D eigenvalue weighted by atomic mass is 9.79. The number of hydrogen-bond donors (Lipinski definition) is 1. The summed E-state index contributed by atoms with van der Waals surface area (Å²) in [6.45, 7) is -1.03. The Morgan fingerprint density at radius 3 is 2.41 bits per heavy atom. The molecule has 8 heteroatoms. The molecule has 5 rings (SSSR count). The second-order valence-electron chi connectivity index (χ2n) is 8.29. The van der Waals surface area contributed by atoms with Crippen LogP contribution in [0.3, 0.4) is 0 Å². The molecule has 1 aliphatic heterocycles. The minimum absolute atomic E-state index is 0.288. The summed E-state index contributed by atoms with van der Waals surface area (Å²) in [5.41, 5.74) is 1.23. The van der Waals surface area contributed by atoms with Crippen molar-refractivity contribution in [3.63, 3.8) is 0 Å². The number of aliphatic imine (C=N–C) groups is 1. The van der Waals surface area contributed by atoms with Crippen LogP contribution >= 0.6 is 0 Å². The van der Waals surface area contributed by atoms with Crippen molar-refractivity contribution in [1.82, 2.24) is 14.9 Å². The quantitative estimate of drug-likeness (QED) is 0.645. The molecule has 1 fully saturated rings. The maximum absolute atomic E-state index is 13.7. The highest BCUT2D eigenvalue weighted by molar-refractivity contribution is 6.00. The van der Waals surface area contributed by atoms with Gasteiger partial charge in [0.05, 0.1) is 6.04 Å². The van der Waals surface area contributed by atoms with Gasteiger partial charge >= 0.3 is 6.55 Å². The first kappa shape index (κ1) is 20.5. The summed E-state index contributed by atoms with van der Waals surface area (Å²) in [4.78, 5) is 21.3. The molecule has 32 heavy (non-hydrogen) atoms. The average molecular weight is 438 g/mol. The lowest BCUT2D eigenvalue weighted by Gasteiger charge is -2.31. The minimum atomic E-state index is -2.96. The highest BCUT2D eigenvalue weighted by atomic mass is 19.3. The van der Waals surface area contributed by atoms with E-state index in [0.29, 0.717) is 21.9 Å². The second-order valence-corrected chi connectivity index (χ2v) is 8.29. The molecular weight excluding hydrogens is 417 g/mol. The number of alkyl halides is 2. The van der Waals surface area contributed by atoms with Gasteiger partial charge in [-0.15, -0.1) is 0 Å². The Labute approximate surface area is 182 Å². The summed E-state index contributed by atoms with van der Waals surface area (Å²) < 4.78 is 40.6. The van der Waals surface area contributed by atoms with E-state index < -0.39 is 17.6 Å². The highest BCUT2D eigenvalue weighted by Gasteiger charge is 2.45. The molecule has 5 nitrogen and oxygen atoms in total. The van der Waals surface area contributed by atoms with Crippen molar-refractivity contribution in [2.24, 2.45) is 4.99 Å². The molecule has 0 radical (unpaired) electrons. The van der Waals surface area contributed by atoms with Gasteiger partial charge in [0, 0.05) is 41.2 Å². The van der Waals surface area contributed by atoms with Gasteiger partial charge in [-0.25, -0.2) is 9.38 Å². The van der Waals surface area contributed by atoms with Crippen molar-refractivity contribution in [2.45, 2.75) is 43.8 Å². The molecule has 1 N–H and O–H groups in total. The van der Waals surface area contributed by atoms with E-state index in [1.165, 1.54) is 18.2 Å². The monoisotopic (exact) mass is 438 g/mol. The molecule has 3 aromatic rings. The van der Waals surface area contributed by atoms with Crippen LogP contribution in [0.5, 0.6) is 0 Å². The van der Waals surface area contributed by atoms with Gasteiger partial charge in [-0.3, -0.25) is 14.3 Å². The predicted molar refractivity (Wildman–Crippen MR) is 114 cm³/mol. The Kier molecular flexibility index (Phi) is 4.87. The van der Waals surface area contributed by atoms with E-state index in [1.807, 2.05) is 19.1 Å². The molecule has 2 unspecified atom stereocenters. The van der Waals surface area contributed by atoms with Crippen LogP contribution in [0.1, 0.15) is 54.6 Å². The van der Waals surface area contributed by atoms with E-state index in [-0.39, 0.29) is 11.9 Å². The Bertz CT molecular complexity index is 1230. The summed E-state index contributed by atoms with van der Waals surface area (Å²) in [6.07, 6.45) is 5.16. The number of aromatic nitrogens is 2. The highest BCUT2D eigenvalue weighted by Crippen LogP contribution is 2.43. The molecule has 2 aliphatic rings. The van der Waals surface area contributed by atoms with E-state index in [2.05, 4.69) is 10.3 Å². The first-order valence-corrected chi connectivity index (χ1v) is 10.5. The summed E-state index contributed by atoms with van der Waals surface area (Å²) in [7, 11) is 0. The molecule has 1 aliphatic carbocycles. The topological polar surface area (TPSA) is 59.3 Å². The number of pyridine rings is 2. The normalized spacial score (nSPS) is 22.7. The fourth-order valence-electron chi connectivity index (χ4n) is 4.31.